The maximum atomic E-state index is 6.42. The molecule has 1 aromatic heterocycles. The molecule has 1 saturated carbocycles. The molecule has 0 unspecified atom stereocenters. The Morgan fingerprint density at radius 1 is 0.375 bits per heavy atom. The summed E-state index contributed by atoms with van der Waals surface area (Å²) < 4.78 is 6.42. The molecule has 2 nitrogen and oxygen atoms in total. The number of hydrogen-bond acceptors (Lipinski definition) is 2. The van der Waals surface area contributed by atoms with Crippen LogP contribution in [0.3, 0.4) is 0 Å². The van der Waals surface area contributed by atoms with Crippen LogP contribution in [0.15, 0.2) is 199 Å². The summed E-state index contributed by atoms with van der Waals surface area (Å²) in [5.74, 6) is 0.639. The molecule has 1 fully saturated rings. The van der Waals surface area contributed by atoms with Crippen LogP contribution in [0.4, 0.5) is 17.1 Å². The van der Waals surface area contributed by atoms with E-state index in [-0.39, 0.29) is 0 Å². The first-order valence-corrected chi connectivity index (χ1v) is 20.0. The third-order valence-corrected chi connectivity index (χ3v) is 11.7. The maximum Gasteiger partial charge on any atom is 0.137 e. The molecule has 9 aromatic rings. The van der Waals surface area contributed by atoms with Gasteiger partial charge in [-0.2, -0.15) is 0 Å². The molecular weight excluding hydrogens is 679 g/mol. The third kappa shape index (κ3) is 6.37. The van der Waals surface area contributed by atoms with E-state index in [4.69, 9.17) is 4.42 Å². The summed E-state index contributed by atoms with van der Waals surface area (Å²) >= 11 is 0. The Labute approximate surface area is 329 Å². The smallest absolute Gasteiger partial charge is 0.137 e. The first kappa shape index (κ1) is 33.9. The number of para-hydroxylation sites is 1. The van der Waals surface area contributed by atoms with Crippen LogP contribution in [0.2, 0.25) is 0 Å². The topological polar surface area (TPSA) is 16.4 Å². The van der Waals surface area contributed by atoms with Crippen LogP contribution in [0.25, 0.3) is 66.4 Å². The molecule has 10 rings (SSSR count). The molecule has 2 heteroatoms. The van der Waals surface area contributed by atoms with E-state index in [0.717, 1.165) is 39.0 Å². The van der Waals surface area contributed by atoms with E-state index in [2.05, 4.69) is 187 Å². The minimum Gasteiger partial charge on any atom is -0.456 e. The van der Waals surface area contributed by atoms with Gasteiger partial charge in [0.2, 0.25) is 0 Å². The molecule has 0 saturated heterocycles. The maximum absolute atomic E-state index is 6.42. The van der Waals surface area contributed by atoms with Crippen molar-refractivity contribution in [3.63, 3.8) is 0 Å². The molecule has 8 aromatic carbocycles. The normalized spacial score (nSPS) is 13.3. The van der Waals surface area contributed by atoms with Crippen molar-refractivity contribution in [2.45, 2.75) is 38.0 Å². The van der Waals surface area contributed by atoms with E-state index < -0.39 is 0 Å². The molecule has 0 bridgehead atoms. The van der Waals surface area contributed by atoms with E-state index in [1.807, 2.05) is 12.1 Å². The van der Waals surface area contributed by atoms with Crippen LogP contribution in [0.5, 0.6) is 0 Å². The van der Waals surface area contributed by atoms with E-state index in [9.17, 15) is 0 Å². The highest BCUT2D eigenvalue weighted by Gasteiger charge is 2.21. The molecule has 0 amide bonds. The Balaban J connectivity index is 1.09. The van der Waals surface area contributed by atoms with Gasteiger partial charge >= 0.3 is 0 Å². The lowest BCUT2D eigenvalue weighted by atomic mass is 9.81. The van der Waals surface area contributed by atoms with Gasteiger partial charge in [0.05, 0.1) is 0 Å². The lowest BCUT2D eigenvalue weighted by Crippen LogP contribution is -2.10. The first-order chi connectivity index (χ1) is 27.8. The van der Waals surface area contributed by atoms with E-state index in [0.29, 0.717) is 5.92 Å². The number of furan rings is 1. The van der Waals surface area contributed by atoms with Crippen LogP contribution in [-0.4, -0.2) is 0 Å². The van der Waals surface area contributed by atoms with Gasteiger partial charge in [0.1, 0.15) is 11.2 Å². The molecule has 0 spiro atoms. The zero-order valence-electron chi connectivity index (χ0n) is 31.4. The number of fused-ring (bicyclic) bond motifs is 3. The van der Waals surface area contributed by atoms with Crippen LogP contribution in [0.1, 0.15) is 43.6 Å². The molecule has 1 aliphatic rings. The van der Waals surface area contributed by atoms with Crippen molar-refractivity contribution in [1.82, 2.24) is 0 Å². The summed E-state index contributed by atoms with van der Waals surface area (Å²) in [4.78, 5) is 2.36. The summed E-state index contributed by atoms with van der Waals surface area (Å²) in [7, 11) is 0. The minimum absolute atomic E-state index is 0.639. The predicted octanol–water partition coefficient (Wildman–Crippen LogP) is 15.8. The highest BCUT2D eigenvalue weighted by atomic mass is 16.3. The lowest BCUT2D eigenvalue weighted by molar-refractivity contribution is 0.444. The summed E-state index contributed by atoms with van der Waals surface area (Å²) in [5.41, 5.74) is 16.4. The van der Waals surface area contributed by atoms with Crippen molar-refractivity contribution in [2.75, 3.05) is 4.90 Å². The van der Waals surface area contributed by atoms with Crippen molar-refractivity contribution >= 4 is 39.0 Å². The second-order valence-electron chi connectivity index (χ2n) is 15.1. The quantitative estimate of drug-likeness (QED) is 0.155. The van der Waals surface area contributed by atoms with Gasteiger partial charge in [0.25, 0.3) is 0 Å². The lowest BCUT2D eigenvalue weighted by Gasteiger charge is -2.27. The predicted molar refractivity (Wildman–Crippen MR) is 236 cm³/mol. The second kappa shape index (κ2) is 14.9. The van der Waals surface area contributed by atoms with Gasteiger partial charge in [-0.1, -0.05) is 165 Å². The Bertz CT molecular complexity index is 2700. The van der Waals surface area contributed by atoms with Crippen molar-refractivity contribution < 1.29 is 4.42 Å². The molecule has 270 valence electrons. The summed E-state index contributed by atoms with van der Waals surface area (Å²) in [6.07, 6.45) is 6.58. The minimum atomic E-state index is 0.639. The second-order valence-corrected chi connectivity index (χ2v) is 15.1. The Hall–Kier alpha value is -6.64. The van der Waals surface area contributed by atoms with E-state index in [1.165, 1.54) is 82.2 Å². The first-order valence-electron chi connectivity index (χ1n) is 20.0. The van der Waals surface area contributed by atoms with Crippen LogP contribution in [0, 0.1) is 0 Å². The fourth-order valence-electron chi connectivity index (χ4n) is 8.98. The van der Waals surface area contributed by atoms with Crippen molar-refractivity contribution in [3.8, 4) is 44.5 Å². The summed E-state index contributed by atoms with van der Waals surface area (Å²) in [6.45, 7) is 0. The van der Waals surface area contributed by atoms with Gasteiger partial charge in [-0.05, 0) is 111 Å². The zero-order chi connectivity index (χ0) is 37.3. The molecule has 0 atom stereocenters. The fraction of sp³-hybridized carbons (Fsp3) is 0.111. The third-order valence-electron chi connectivity index (χ3n) is 11.7. The van der Waals surface area contributed by atoms with Gasteiger partial charge in [-0.15, -0.1) is 0 Å². The standard InChI is InChI=1S/C54H43NO/c1-4-15-38(16-5-1)46-21-10-11-22-47(46)41-27-31-43(32-28-41)55(45-35-36-51-50-23-12-13-26-52(50)56-53(51)37-45)44-33-29-42(30-34-44)54-48(39-17-6-2-7-18-39)24-14-25-49(54)40-19-8-3-9-20-40/h2-3,6-14,17-38H,1,4-5,15-16H2. The van der Waals surface area contributed by atoms with Crippen LogP contribution in [-0.2, 0) is 0 Å². The molecule has 0 radical (unpaired) electrons. The Morgan fingerprint density at radius 3 is 1.57 bits per heavy atom. The largest absolute Gasteiger partial charge is 0.456 e. The van der Waals surface area contributed by atoms with E-state index >= 15 is 0 Å². The SMILES string of the molecule is c1ccc(-c2cccc(-c3ccccc3)c2-c2ccc(N(c3ccc(-c4ccccc4C4CCCCC4)cc3)c3ccc4c(c3)oc3ccccc34)cc2)cc1. The zero-order valence-corrected chi connectivity index (χ0v) is 31.4. The number of nitrogens with zero attached hydrogens (tertiary/aromatic N) is 1. The van der Waals surface area contributed by atoms with Crippen molar-refractivity contribution in [2.24, 2.45) is 0 Å². The number of benzene rings is 8. The molecule has 1 heterocycles. The highest BCUT2D eigenvalue weighted by molar-refractivity contribution is 6.06. The Kier molecular flexibility index (Phi) is 9.01. The highest BCUT2D eigenvalue weighted by Crippen LogP contribution is 2.44. The molecule has 0 aliphatic heterocycles. The number of anilines is 3. The van der Waals surface area contributed by atoms with Gasteiger partial charge in [0, 0.05) is 33.9 Å². The number of hydrogen-bond donors (Lipinski definition) is 0. The van der Waals surface area contributed by atoms with Gasteiger partial charge in [0.15, 0.2) is 0 Å². The summed E-state index contributed by atoms with van der Waals surface area (Å²) in [5, 5.41) is 2.26. The van der Waals surface area contributed by atoms with Crippen molar-refractivity contribution in [1.29, 1.82) is 0 Å². The molecular formula is C54H43NO. The van der Waals surface area contributed by atoms with Gasteiger partial charge in [-0.25, -0.2) is 0 Å². The van der Waals surface area contributed by atoms with Gasteiger partial charge < -0.3 is 9.32 Å². The Morgan fingerprint density at radius 2 is 0.893 bits per heavy atom. The average molecular weight is 722 g/mol. The summed E-state index contributed by atoms with van der Waals surface area (Å²) in [6, 6.07) is 70.4. The van der Waals surface area contributed by atoms with E-state index in [1.54, 1.807) is 0 Å². The van der Waals surface area contributed by atoms with Crippen LogP contribution >= 0.6 is 0 Å². The van der Waals surface area contributed by atoms with Crippen LogP contribution < -0.4 is 4.90 Å². The van der Waals surface area contributed by atoms with Crippen molar-refractivity contribution in [3.05, 3.63) is 200 Å². The average Bonchev–Trinajstić information content (AvgIpc) is 3.66. The molecule has 1 aliphatic carbocycles. The fourth-order valence-corrected chi connectivity index (χ4v) is 8.98. The number of rotatable bonds is 8. The molecule has 56 heavy (non-hydrogen) atoms. The van der Waals surface area contributed by atoms with Gasteiger partial charge in [-0.3, -0.25) is 0 Å². The monoisotopic (exact) mass is 721 g/mol. The molecule has 0 N–H and O–H groups in total.